The van der Waals surface area contributed by atoms with Gasteiger partial charge in [-0.2, -0.15) is 0 Å². The van der Waals surface area contributed by atoms with E-state index in [0.717, 1.165) is 10.0 Å². The standard InChI is InChI=1S/C17H15BrClNO3/c1-23-17(22)15(9-11-4-2-7-14(19)8-11)20-16(21)12-5-3-6-13(18)10-12/h2-8,10,15H,9H2,1H3,(H,20,21)/t15-/m0/s1. The van der Waals surface area contributed by atoms with Crippen molar-refractivity contribution in [2.24, 2.45) is 0 Å². The number of carbonyl (C=O) groups is 2. The van der Waals surface area contributed by atoms with Gasteiger partial charge in [-0.05, 0) is 35.9 Å². The summed E-state index contributed by atoms with van der Waals surface area (Å²) < 4.78 is 5.57. The predicted octanol–water partition coefficient (Wildman–Crippen LogP) is 3.62. The van der Waals surface area contributed by atoms with E-state index in [2.05, 4.69) is 21.2 Å². The number of nitrogens with one attached hydrogen (secondary N) is 1. The Morgan fingerprint density at radius 1 is 1.22 bits per heavy atom. The lowest BCUT2D eigenvalue weighted by Gasteiger charge is -2.17. The van der Waals surface area contributed by atoms with Gasteiger partial charge >= 0.3 is 5.97 Å². The molecule has 0 aliphatic carbocycles. The van der Waals surface area contributed by atoms with E-state index >= 15 is 0 Å². The highest BCUT2D eigenvalue weighted by Gasteiger charge is 2.22. The average Bonchev–Trinajstić information content (AvgIpc) is 2.53. The zero-order valence-corrected chi connectivity index (χ0v) is 14.7. The topological polar surface area (TPSA) is 55.4 Å². The fourth-order valence-corrected chi connectivity index (χ4v) is 2.72. The Bertz CT molecular complexity index is 720. The van der Waals surface area contributed by atoms with Crippen LogP contribution in [0, 0.1) is 0 Å². The number of methoxy groups -OCH3 is 1. The quantitative estimate of drug-likeness (QED) is 0.786. The van der Waals surface area contributed by atoms with Gasteiger partial charge in [-0.15, -0.1) is 0 Å². The fourth-order valence-electron chi connectivity index (χ4n) is 2.11. The van der Waals surface area contributed by atoms with Gasteiger partial charge in [0.05, 0.1) is 7.11 Å². The molecule has 0 aliphatic rings. The van der Waals surface area contributed by atoms with Crippen LogP contribution in [-0.4, -0.2) is 25.0 Å². The first-order valence-electron chi connectivity index (χ1n) is 6.88. The third kappa shape index (κ3) is 5.08. The number of hydrogen-bond acceptors (Lipinski definition) is 3. The van der Waals surface area contributed by atoms with Crippen molar-refractivity contribution >= 4 is 39.4 Å². The van der Waals surface area contributed by atoms with Crippen LogP contribution in [0.15, 0.2) is 53.0 Å². The second-order valence-electron chi connectivity index (χ2n) is 4.89. The van der Waals surface area contributed by atoms with Crippen LogP contribution >= 0.6 is 27.5 Å². The van der Waals surface area contributed by atoms with Crippen LogP contribution < -0.4 is 5.32 Å². The van der Waals surface area contributed by atoms with Crippen molar-refractivity contribution in [3.05, 3.63) is 69.2 Å². The van der Waals surface area contributed by atoms with Crippen LogP contribution in [-0.2, 0) is 16.0 Å². The Morgan fingerprint density at radius 2 is 1.96 bits per heavy atom. The van der Waals surface area contributed by atoms with E-state index in [9.17, 15) is 9.59 Å². The lowest BCUT2D eigenvalue weighted by atomic mass is 10.1. The van der Waals surface area contributed by atoms with Gasteiger partial charge in [-0.25, -0.2) is 4.79 Å². The van der Waals surface area contributed by atoms with Crippen molar-refractivity contribution in [3.63, 3.8) is 0 Å². The van der Waals surface area contributed by atoms with Crippen LogP contribution in [0.5, 0.6) is 0 Å². The molecule has 120 valence electrons. The van der Waals surface area contributed by atoms with Gasteiger partial charge in [0.2, 0.25) is 0 Å². The highest BCUT2D eigenvalue weighted by Crippen LogP contribution is 2.14. The normalized spacial score (nSPS) is 11.6. The second-order valence-corrected chi connectivity index (χ2v) is 6.25. The molecule has 1 N–H and O–H groups in total. The smallest absolute Gasteiger partial charge is 0.328 e. The summed E-state index contributed by atoms with van der Waals surface area (Å²) in [6.07, 6.45) is 0.299. The molecule has 0 spiro atoms. The molecular formula is C17H15BrClNO3. The van der Waals surface area contributed by atoms with Gasteiger partial charge in [-0.3, -0.25) is 4.79 Å². The molecule has 1 atom stereocenters. The summed E-state index contributed by atoms with van der Waals surface area (Å²) in [7, 11) is 1.29. The molecule has 0 unspecified atom stereocenters. The third-order valence-corrected chi connectivity index (χ3v) is 3.94. The van der Waals surface area contributed by atoms with E-state index < -0.39 is 12.0 Å². The van der Waals surface area contributed by atoms with Gasteiger partial charge in [0.1, 0.15) is 6.04 Å². The number of ether oxygens (including phenoxy) is 1. The molecule has 0 saturated heterocycles. The zero-order valence-electron chi connectivity index (χ0n) is 12.4. The van der Waals surface area contributed by atoms with E-state index in [1.807, 2.05) is 12.1 Å². The minimum absolute atomic E-state index is 0.299. The highest BCUT2D eigenvalue weighted by molar-refractivity contribution is 9.10. The number of hydrogen-bond donors (Lipinski definition) is 1. The van der Waals surface area contributed by atoms with Crippen molar-refractivity contribution in [1.29, 1.82) is 0 Å². The number of halogens is 2. The molecule has 6 heteroatoms. The molecule has 4 nitrogen and oxygen atoms in total. The molecular weight excluding hydrogens is 382 g/mol. The first-order valence-corrected chi connectivity index (χ1v) is 8.05. The molecule has 2 aromatic carbocycles. The second kappa shape index (κ2) is 8.13. The largest absolute Gasteiger partial charge is 0.467 e. The van der Waals surface area contributed by atoms with E-state index in [1.54, 1.807) is 36.4 Å². The molecule has 0 radical (unpaired) electrons. The minimum atomic E-state index is -0.787. The molecule has 2 aromatic rings. The first kappa shape index (κ1) is 17.5. The van der Waals surface area contributed by atoms with E-state index in [0.29, 0.717) is 17.0 Å². The molecule has 0 saturated carbocycles. The molecule has 0 fully saturated rings. The summed E-state index contributed by atoms with van der Waals surface area (Å²) >= 11 is 9.27. The van der Waals surface area contributed by atoms with Crippen molar-refractivity contribution in [1.82, 2.24) is 5.32 Å². The number of rotatable bonds is 5. The molecule has 0 heterocycles. The van der Waals surface area contributed by atoms with Gasteiger partial charge in [-0.1, -0.05) is 45.7 Å². The number of esters is 1. The van der Waals surface area contributed by atoms with E-state index in [-0.39, 0.29) is 5.91 Å². The first-order chi connectivity index (χ1) is 11.0. The molecule has 2 rings (SSSR count). The highest BCUT2D eigenvalue weighted by atomic mass is 79.9. The molecule has 23 heavy (non-hydrogen) atoms. The van der Waals surface area contributed by atoms with Crippen LogP contribution in [0.4, 0.5) is 0 Å². The van der Waals surface area contributed by atoms with Crippen LogP contribution in [0.3, 0.4) is 0 Å². The summed E-state index contributed by atoms with van der Waals surface area (Å²) in [5, 5.41) is 3.28. The lowest BCUT2D eigenvalue weighted by molar-refractivity contribution is -0.142. The molecule has 1 amide bonds. The maximum Gasteiger partial charge on any atom is 0.328 e. The van der Waals surface area contributed by atoms with Gasteiger partial charge in [0.15, 0.2) is 0 Å². The maximum absolute atomic E-state index is 12.3. The Labute approximate surface area is 147 Å². The maximum atomic E-state index is 12.3. The molecule has 0 bridgehead atoms. The van der Waals surface area contributed by atoms with Crippen molar-refractivity contribution in [3.8, 4) is 0 Å². The number of carbonyl (C=O) groups excluding carboxylic acids is 2. The van der Waals surface area contributed by atoms with Crippen LogP contribution in [0.2, 0.25) is 5.02 Å². The molecule has 0 aromatic heterocycles. The Hall–Kier alpha value is -1.85. The fraction of sp³-hybridized carbons (Fsp3) is 0.176. The lowest BCUT2D eigenvalue weighted by Crippen LogP contribution is -2.43. The SMILES string of the molecule is COC(=O)[C@H](Cc1cccc(Cl)c1)NC(=O)c1cccc(Br)c1. The van der Waals surface area contributed by atoms with Gasteiger partial charge in [0.25, 0.3) is 5.91 Å². The van der Waals surface area contributed by atoms with E-state index in [1.165, 1.54) is 7.11 Å². The van der Waals surface area contributed by atoms with Gasteiger partial charge < -0.3 is 10.1 Å². The third-order valence-electron chi connectivity index (χ3n) is 3.21. The number of benzene rings is 2. The molecule has 0 aliphatic heterocycles. The summed E-state index contributed by atoms with van der Waals surface area (Å²) in [5.41, 5.74) is 1.29. The van der Waals surface area contributed by atoms with Crippen molar-refractivity contribution in [2.75, 3.05) is 7.11 Å². The summed E-state index contributed by atoms with van der Waals surface area (Å²) in [6, 6.07) is 13.3. The van der Waals surface area contributed by atoms with Crippen LogP contribution in [0.1, 0.15) is 15.9 Å². The van der Waals surface area contributed by atoms with Gasteiger partial charge in [0, 0.05) is 21.5 Å². The average molecular weight is 397 g/mol. The van der Waals surface area contributed by atoms with Crippen molar-refractivity contribution in [2.45, 2.75) is 12.5 Å². The summed E-state index contributed by atoms with van der Waals surface area (Å²) in [5.74, 6) is -0.850. The summed E-state index contributed by atoms with van der Waals surface area (Å²) in [6.45, 7) is 0. The van der Waals surface area contributed by atoms with E-state index in [4.69, 9.17) is 16.3 Å². The monoisotopic (exact) mass is 395 g/mol. The zero-order chi connectivity index (χ0) is 16.8. The van der Waals surface area contributed by atoms with Crippen LogP contribution in [0.25, 0.3) is 0 Å². The predicted molar refractivity (Wildman–Crippen MR) is 92.6 cm³/mol. The Kier molecular flexibility index (Phi) is 6.19. The minimum Gasteiger partial charge on any atom is -0.467 e. The summed E-state index contributed by atoms with van der Waals surface area (Å²) in [4.78, 5) is 24.3. The Morgan fingerprint density at radius 3 is 2.61 bits per heavy atom. The Balaban J connectivity index is 2.15. The number of amides is 1. The van der Waals surface area contributed by atoms with Crippen molar-refractivity contribution < 1.29 is 14.3 Å².